The van der Waals surface area contributed by atoms with E-state index in [0.717, 1.165) is 19.7 Å². The standard InChI is InChI=1S/C16H22N2O3/c1-11-7-12(4-5-15(11)19)16(20)17-8-14-9-18-6-2-3-13(18)10-21-14/h4-5,7,13-14,19H,2-3,6,8-10H2,1H3,(H,17,20). The van der Waals surface area contributed by atoms with Gasteiger partial charge in [0, 0.05) is 24.7 Å². The molecule has 0 aliphatic carbocycles. The third kappa shape index (κ3) is 3.19. The summed E-state index contributed by atoms with van der Waals surface area (Å²) < 4.78 is 5.82. The Morgan fingerprint density at radius 1 is 1.52 bits per heavy atom. The minimum absolute atomic E-state index is 0.0708. The van der Waals surface area contributed by atoms with Crippen LogP contribution >= 0.6 is 0 Å². The van der Waals surface area contributed by atoms with Crippen molar-refractivity contribution in [2.45, 2.75) is 31.9 Å². The number of aryl methyl sites for hydroxylation is 1. The van der Waals surface area contributed by atoms with Crippen LogP contribution in [0.25, 0.3) is 0 Å². The molecule has 0 bridgehead atoms. The van der Waals surface area contributed by atoms with Crippen molar-refractivity contribution in [3.8, 4) is 5.75 Å². The lowest BCUT2D eigenvalue weighted by molar-refractivity contribution is -0.0461. The Hall–Kier alpha value is -1.59. The van der Waals surface area contributed by atoms with Gasteiger partial charge in [-0.1, -0.05) is 0 Å². The zero-order valence-corrected chi connectivity index (χ0v) is 12.3. The van der Waals surface area contributed by atoms with Crippen LogP contribution in [0.4, 0.5) is 0 Å². The smallest absolute Gasteiger partial charge is 0.251 e. The lowest BCUT2D eigenvalue weighted by Crippen LogP contribution is -2.50. The molecule has 114 valence electrons. The fourth-order valence-corrected chi connectivity index (χ4v) is 3.11. The number of amides is 1. The molecule has 21 heavy (non-hydrogen) atoms. The van der Waals surface area contributed by atoms with Crippen LogP contribution in [0.1, 0.15) is 28.8 Å². The Morgan fingerprint density at radius 2 is 2.38 bits per heavy atom. The molecule has 0 radical (unpaired) electrons. The summed E-state index contributed by atoms with van der Waals surface area (Å²) in [6, 6.07) is 5.46. The van der Waals surface area contributed by atoms with Gasteiger partial charge >= 0.3 is 0 Å². The number of phenolic OH excluding ortho intramolecular Hbond substituents is 1. The fourth-order valence-electron chi connectivity index (χ4n) is 3.11. The molecular weight excluding hydrogens is 268 g/mol. The molecule has 0 saturated carbocycles. The van der Waals surface area contributed by atoms with Crippen LogP contribution in [0.3, 0.4) is 0 Å². The Bertz CT molecular complexity index is 532. The second-order valence-electron chi connectivity index (χ2n) is 5.96. The van der Waals surface area contributed by atoms with E-state index in [1.807, 2.05) is 0 Å². The molecular formula is C16H22N2O3. The van der Waals surface area contributed by atoms with E-state index in [4.69, 9.17) is 4.74 Å². The van der Waals surface area contributed by atoms with E-state index < -0.39 is 0 Å². The highest BCUT2D eigenvalue weighted by molar-refractivity contribution is 5.94. The first-order valence-corrected chi connectivity index (χ1v) is 7.57. The van der Waals surface area contributed by atoms with E-state index in [1.54, 1.807) is 25.1 Å². The predicted molar refractivity (Wildman–Crippen MR) is 79.5 cm³/mol. The molecule has 2 aliphatic rings. The number of phenols is 1. The summed E-state index contributed by atoms with van der Waals surface area (Å²) in [6.07, 6.45) is 2.55. The molecule has 5 nitrogen and oxygen atoms in total. The molecule has 2 atom stereocenters. The van der Waals surface area contributed by atoms with Crippen molar-refractivity contribution in [2.24, 2.45) is 0 Å². The molecule has 1 amide bonds. The maximum absolute atomic E-state index is 12.1. The van der Waals surface area contributed by atoms with Crippen LogP contribution < -0.4 is 5.32 Å². The number of hydrogen-bond acceptors (Lipinski definition) is 4. The van der Waals surface area contributed by atoms with Gasteiger partial charge in [-0.15, -0.1) is 0 Å². The quantitative estimate of drug-likeness (QED) is 0.880. The number of nitrogens with zero attached hydrogens (tertiary/aromatic N) is 1. The zero-order chi connectivity index (χ0) is 14.8. The third-order valence-electron chi connectivity index (χ3n) is 4.41. The van der Waals surface area contributed by atoms with Crippen LogP contribution in [0.15, 0.2) is 18.2 Å². The molecule has 2 N–H and O–H groups in total. The number of ether oxygens (including phenoxy) is 1. The van der Waals surface area contributed by atoms with Gasteiger partial charge in [0.2, 0.25) is 0 Å². The van der Waals surface area contributed by atoms with Gasteiger partial charge in [0.25, 0.3) is 5.91 Å². The van der Waals surface area contributed by atoms with Crippen LogP contribution in [0.5, 0.6) is 5.75 Å². The average Bonchev–Trinajstić information content (AvgIpc) is 2.95. The molecule has 2 fully saturated rings. The molecule has 5 heteroatoms. The van der Waals surface area contributed by atoms with Crippen LogP contribution in [0.2, 0.25) is 0 Å². The lowest BCUT2D eigenvalue weighted by Gasteiger charge is -2.35. The van der Waals surface area contributed by atoms with Gasteiger partial charge in [-0.05, 0) is 50.1 Å². The molecule has 2 aliphatic heterocycles. The molecule has 2 unspecified atom stereocenters. The molecule has 1 aromatic rings. The molecule has 2 saturated heterocycles. The van der Waals surface area contributed by atoms with Gasteiger partial charge in [-0.2, -0.15) is 0 Å². The number of carbonyl (C=O) groups is 1. The molecule has 3 rings (SSSR count). The zero-order valence-electron chi connectivity index (χ0n) is 12.3. The summed E-state index contributed by atoms with van der Waals surface area (Å²) >= 11 is 0. The first-order valence-electron chi connectivity index (χ1n) is 7.57. The minimum Gasteiger partial charge on any atom is -0.508 e. The van der Waals surface area contributed by atoms with Crippen molar-refractivity contribution >= 4 is 5.91 Å². The van der Waals surface area contributed by atoms with E-state index in [0.29, 0.717) is 23.7 Å². The van der Waals surface area contributed by atoms with Crippen molar-refractivity contribution in [3.05, 3.63) is 29.3 Å². The summed E-state index contributed by atoms with van der Waals surface area (Å²) in [5.41, 5.74) is 1.27. The van der Waals surface area contributed by atoms with Gasteiger partial charge in [-0.25, -0.2) is 0 Å². The summed E-state index contributed by atoms with van der Waals surface area (Å²) in [5.74, 6) is 0.0903. The number of benzene rings is 1. The number of carbonyl (C=O) groups excluding carboxylic acids is 1. The number of aromatic hydroxyl groups is 1. The third-order valence-corrected chi connectivity index (χ3v) is 4.41. The Morgan fingerprint density at radius 3 is 3.19 bits per heavy atom. The van der Waals surface area contributed by atoms with E-state index in [9.17, 15) is 9.90 Å². The van der Waals surface area contributed by atoms with Crippen molar-refractivity contribution in [1.82, 2.24) is 10.2 Å². The largest absolute Gasteiger partial charge is 0.508 e. The number of hydrogen-bond donors (Lipinski definition) is 2. The molecule has 0 spiro atoms. The second kappa shape index (κ2) is 6.03. The number of morpholine rings is 1. The van der Waals surface area contributed by atoms with Crippen LogP contribution in [0, 0.1) is 6.92 Å². The normalized spacial score (nSPS) is 25.6. The summed E-state index contributed by atoms with van der Waals surface area (Å²) in [7, 11) is 0. The monoisotopic (exact) mass is 290 g/mol. The van der Waals surface area contributed by atoms with Crippen molar-refractivity contribution < 1.29 is 14.6 Å². The Kier molecular flexibility index (Phi) is 4.12. The van der Waals surface area contributed by atoms with Crippen LogP contribution in [-0.4, -0.2) is 54.3 Å². The lowest BCUT2D eigenvalue weighted by atomic mass is 10.1. The van der Waals surface area contributed by atoms with Gasteiger partial charge in [0.15, 0.2) is 0 Å². The van der Waals surface area contributed by atoms with Gasteiger partial charge in [0.05, 0.1) is 12.7 Å². The van der Waals surface area contributed by atoms with Crippen molar-refractivity contribution in [3.63, 3.8) is 0 Å². The first-order chi connectivity index (χ1) is 10.1. The van der Waals surface area contributed by atoms with E-state index >= 15 is 0 Å². The maximum atomic E-state index is 12.1. The highest BCUT2D eigenvalue weighted by Crippen LogP contribution is 2.22. The molecule has 0 aromatic heterocycles. The van der Waals surface area contributed by atoms with E-state index in [2.05, 4.69) is 10.2 Å². The van der Waals surface area contributed by atoms with Crippen LogP contribution in [-0.2, 0) is 4.74 Å². The highest BCUT2D eigenvalue weighted by Gasteiger charge is 2.32. The average molecular weight is 290 g/mol. The number of fused-ring (bicyclic) bond motifs is 1. The number of rotatable bonds is 3. The first kappa shape index (κ1) is 14.4. The summed E-state index contributed by atoms with van der Waals surface area (Å²) in [6.45, 7) is 5.14. The maximum Gasteiger partial charge on any atom is 0.251 e. The molecule has 1 aromatic carbocycles. The van der Waals surface area contributed by atoms with Gasteiger partial charge < -0.3 is 15.2 Å². The highest BCUT2D eigenvalue weighted by atomic mass is 16.5. The Balaban J connectivity index is 1.52. The predicted octanol–water partition coefficient (Wildman–Crippen LogP) is 1.29. The molecule has 2 heterocycles. The van der Waals surface area contributed by atoms with Crippen molar-refractivity contribution in [1.29, 1.82) is 0 Å². The van der Waals surface area contributed by atoms with Crippen molar-refractivity contribution in [2.75, 3.05) is 26.2 Å². The van der Waals surface area contributed by atoms with E-state index in [1.165, 1.54) is 12.8 Å². The van der Waals surface area contributed by atoms with Gasteiger partial charge in [0.1, 0.15) is 5.75 Å². The summed E-state index contributed by atoms with van der Waals surface area (Å²) in [4.78, 5) is 14.6. The van der Waals surface area contributed by atoms with Gasteiger partial charge in [-0.3, -0.25) is 9.69 Å². The minimum atomic E-state index is -0.120. The Labute approximate surface area is 124 Å². The van der Waals surface area contributed by atoms with E-state index in [-0.39, 0.29) is 17.8 Å². The fraction of sp³-hybridized carbons (Fsp3) is 0.562. The summed E-state index contributed by atoms with van der Waals surface area (Å²) in [5, 5.41) is 12.4. The SMILES string of the molecule is Cc1cc(C(=O)NCC2CN3CCCC3CO2)ccc1O. The topological polar surface area (TPSA) is 61.8 Å². The second-order valence-corrected chi connectivity index (χ2v) is 5.96. The number of nitrogens with one attached hydrogen (secondary N) is 1.